The Kier molecular flexibility index (Phi) is 4.51. The number of carbonyl (C=O) groups is 1. The van der Waals surface area contributed by atoms with E-state index in [1.807, 2.05) is 32.9 Å². The largest absolute Gasteiger partial charge is 0.488 e. The molecule has 0 saturated carbocycles. The number of benzene rings is 1. The average molecular weight is 349 g/mol. The van der Waals surface area contributed by atoms with E-state index in [0.717, 1.165) is 24.5 Å². The van der Waals surface area contributed by atoms with Gasteiger partial charge in [0.2, 0.25) is 0 Å². The van der Waals surface area contributed by atoms with Gasteiger partial charge in [-0.25, -0.2) is 0 Å². The number of aromatic amines is 1. The van der Waals surface area contributed by atoms with Gasteiger partial charge in [0.05, 0.1) is 10.7 Å². The lowest BCUT2D eigenvalue weighted by Crippen LogP contribution is -2.50. The first-order chi connectivity index (χ1) is 11.3. The van der Waals surface area contributed by atoms with Crippen molar-refractivity contribution in [1.82, 2.24) is 15.5 Å². The first kappa shape index (κ1) is 16.8. The van der Waals surface area contributed by atoms with Crippen LogP contribution in [0, 0.1) is 0 Å². The van der Waals surface area contributed by atoms with Crippen LogP contribution in [-0.2, 0) is 5.41 Å². The summed E-state index contributed by atoms with van der Waals surface area (Å²) >= 11 is 6.29. The molecule has 6 nitrogen and oxygen atoms in total. The lowest BCUT2D eigenvalue weighted by atomic mass is 9.92. The van der Waals surface area contributed by atoms with E-state index in [0.29, 0.717) is 10.7 Å². The third-order valence-corrected chi connectivity index (χ3v) is 4.20. The van der Waals surface area contributed by atoms with Crippen LogP contribution in [0.1, 0.15) is 37.0 Å². The Morgan fingerprint density at radius 1 is 1.29 bits per heavy atom. The van der Waals surface area contributed by atoms with Gasteiger partial charge in [0.1, 0.15) is 11.9 Å². The van der Waals surface area contributed by atoms with Crippen molar-refractivity contribution in [3.63, 3.8) is 0 Å². The maximum Gasteiger partial charge on any atom is 0.277 e. The highest BCUT2D eigenvalue weighted by molar-refractivity contribution is 6.34. The van der Waals surface area contributed by atoms with Crippen LogP contribution < -0.4 is 15.4 Å². The summed E-state index contributed by atoms with van der Waals surface area (Å²) in [5, 5.41) is 13.2. The van der Waals surface area contributed by atoms with Gasteiger partial charge in [0, 0.05) is 24.2 Å². The Bertz CT molecular complexity index is 730. The zero-order valence-corrected chi connectivity index (χ0v) is 14.7. The second-order valence-corrected chi connectivity index (χ2v) is 7.27. The van der Waals surface area contributed by atoms with Crippen LogP contribution in [0.2, 0.25) is 5.02 Å². The molecule has 2 heterocycles. The third kappa shape index (κ3) is 3.55. The van der Waals surface area contributed by atoms with Crippen LogP contribution in [0.4, 0.5) is 5.69 Å². The van der Waals surface area contributed by atoms with Gasteiger partial charge < -0.3 is 15.4 Å². The number of halogens is 1. The molecule has 24 heavy (non-hydrogen) atoms. The molecule has 128 valence electrons. The zero-order chi connectivity index (χ0) is 17.3. The van der Waals surface area contributed by atoms with Crippen LogP contribution in [-0.4, -0.2) is 35.3 Å². The minimum absolute atomic E-state index is 0.197. The highest BCUT2D eigenvalue weighted by Gasteiger charge is 2.25. The summed E-state index contributed by atoms with van der Waals surface area (Å²) in [5.41, 5.74) is 1.39. The predicted molar refractivity (Wildman–Crippen MR) is 94.0 cm³/mol. The number of nitrogens with one attached hydrogen (secondary N) is 3. The number of hydrogen-bond acceptors (Lipinski definition) is 4. The topological polar surface area (TPSA) is 79.0 Å². The van der Waals surface area contributed by atoms with Gasteiger partial charge in [-0.3, -0.25) is 9.89 Å². The monoisotopic (exact) mass is 348 g/mol. The normalized spacial score (nSPS) is 15.0. The van der Waals surface area contributed by atoms with Crippen molar-refractivity contribution in [2.45, 2.75) is 32.3 Å². The first-order valence-corrected chi connectivity index (χ1v) is 8.25. The summed E-state index contributed by atoms with van der Waals surface area (Å²) in [4.78, 5) is 12.4. The lowest BCUT2D eigenvalue weighted by Gasteiger charge is -2.27. The van der Waals surface area contributed by atoms with E-state index >= 15 is 0 Å². The summed E-state index contributed by atoms with van der Waals surface area (Å²) in [6.07, 6.45) is 0.226. The number of aromatic nitrogens is 2. The fourth-order valence-electron chi connectivity index (χ4n) is 2.32. The predicted octanol–water partition coefficient (Wildman–Crippen LogP) is 2.96. The Labute approximate surface area is 145 Å². The van der Waals surface area contributed by atoms with E-state index in [1.165, 1.54) is 0 Å². The molecule has 3 rings (SSSR count). The third-order valence-electron chi connectivity index (χ3n) is 3.83. The number of ether oxygens (including phenoxy) is 1. The van der Waals surface area contributed by atoms with E-state index in [1.54, 1.807) is 12.1 Å². The average Bonchev–Trinajstić information content (AvgIpc) is 2.86. The molecule has 0 bridgehead atoms. The molecule has 3 N–H and O–H groups in total. The van der Waals surface area contributed by atoms with Crippen LogP contribution in [0.15, 0.2) is 24.3 Å². The quantitative estimate of drug-likeness (QED) is 0.793. The number of amides is 1. The molecule has 1 aliphatic rings. The van der Waals surface area contributed by atoms with Gasteiger partial charge in [0.25, 0.3) is 5.91 Å². The molecule has 1 aromatic carbocycles. The Morgan fingerprint density at radius 2 is 1.96 bits per heavy atom. The van der Waals surface area contributed by atoms with E-state index < -0.39 is 0 Å². The van der Waals surface area contributed by atoms with Gasteiger partial charge in [0.15, 0.2) is 5.69 Å². The molecule has 0 aliphatic carbocycles. The summed E-state index contributed by atoms with van der Waals surface area (Å²) < 4.78 is 5.74. The zero-order valence-electron chi connectivity index (χ0n) is 13.9. The summed E-state index contributed by atoms with van der Waals surface area (Å²) in [7, 11) is 0. The number of nitrogens with zero attached hydrogens (tertiary/aromatic N) is 1. The lowest BCUT2D eigenvalue weighted by molar-refractivity contribution is 0.102. The molecule has 0 spiro atoms. The number of carbonyl (C=O) groups excluding carboxylic acids is 1. The van der Waals surface area contributed by atoms with Crippen molar-refractivity contribution >= 4 is 23.2 Å². The van der Waals surface area contributed by atoms with Crippen LogP contribution in [0.3, 0.4) is 0 Å². The van der Waals surface area contributed by atoms with Crippen molar-refractivity contribution in [2.75, 3.05) is 18.4 Å². The second kappa shape index (κ2) is 6.45. The SMILES string of the molecule is CC(C)(C)c1[nH]nc(C(=O)Nc2ccc(OC3CNC3)cc2)c1Cl. The van der Waals surface area contributed by atoms with Crippen LogP contribution in [0.5, 0.6) is 5.75 Å². The van der Waals surface area contributed by atoms with Crippen molar-refractivity contribution < 1.29 is 9.53 Å². The number of H-pyrrole nitrogens is 1. The van der Waals surface area contributed by atoms with Gasteiger partial charge >= 0.3 is 0 Å². The van der Waals surface area contributed by atoms with Crippen molar-refractivity contribution in [3.05, 3.63) is 40.7 Å². The second-order valence-electron chi connectivity index (χ2n) is 6.89. The number of hydrogen-bond donors (Lipinski definition) is 3. The molecule has 1 saturated heterocycles. The highest BCUT2D eigenvalue weighted by Crippen LogP contribution is 2.30. The van der Waals surface area contributed by atoms with Gasteiger partial charge in [-0.15, -0.1) is 0 Å². The van der Waals surface area contributed by atoms with Crippen LogP contribution >= 0.6 is 11.6 Å². The van der Waals surface area contributed by atoms with Gasteiger partial charge in [-0.1, -0.05) is 32.4 Å². The smallest absolute Gasteiger partial charge is 0.277 e. The molecular formula is C17H21ClN4O2. The highest BCUT2D eigenvalue weighted by atomic mass is 35.5. The molecular weight excluding hydrogens is 328 g/mol. The molecule has 0 unspecified atom stereocenters. The van der Waals surface area contributed by atoms with Gasteiger partial charge in [-0.05, 0) is 24.3 Å². The minimum Gasteiger partial charge on any atom is -0.488 e. The molecule has 1 amide bonds. The van der Waals surface area contributed by atoms with Crippen molar-refractivity contribution in [2.24, 2.45) is 0 Å². The van der Waals surface area contributed by atoms with Crippen LogP contribution in [0.25, 0.3) is 0 Å². The molecule has 1 aromatic heterocycles. The standard InChI is InChI=1S/C17H21ClN4O2/c1-17(2,3)15-13(18)14(21-22-15)16(23)20-10-4-6-11(7-5-10)24-12-8-19-9-12/h4-7,12,19H,8-9H2,1-3H3,(H,20,23)(H,21,22). The van der Waals surface area contributed by atoms with Crippen molar-refractivity contribution in [3.8, 4) is 5.75 Å². The fourth-order valence-corrected chi connectivity index (χ4v) is 2.77. The minimum atomic E-state index is -0.344. The van der Waals surface area contributed by atoms with Gasteiger partial charge in [-0.2, -0.15) is 5.10 Å². The molecule has 0 atom stereocenters. The molecule has 2 aromatic rings. The summed E-state index contributed by atoms with van der Waals surface area (Å²) in [5.74, 6) is 0.441. The van der Waals surface area contributed by atoms with Crippen molar-refractivity contribution in [1.29, 1.82) is 0 Å². The maximum atomic E-state index is 12.4. The Hall–Kier alpha value is -2.05. The van der Waals surface area contributed by atoms with E-state index in [9.17, 15) is 4.79 Å². The fraction of sp³-hybridized carbons (Fsp3) is 0.412. The van der Waals surface area contributed by atoms with E-state index in [-0.39, 0.29) is 23.1 Å². The van der Waals surface area contributed by atoms with E-state index in [2.05, 4.69) is 20.8 Å². The molecule has 0 radical (unpaired) electrons. The Balaban J connectivity index is 1.67. The molecule has 1 aliphatic heterocycles. The number of rotatable bonds is 4. The Morgan fingerprint density at radius 3 is 2.46 bits per heavy atom. The number of anilines is 1. The summed E-state index contributed by atoms with van der Waals surface area (Å²) in [6, 6.07) is 7.26. The molecule has 7 heteroatoms. The summed E-state index contributed by atoms with van der Waals surface area (Å²) in [6.45, 7) is 7.75. The maximum absolute atomic E-state index is 12.4. The molecule has 1 fully saturated rings. The first-order valence-electron chi connectivity index (χ1n) is 7.88. The van der Waals surface area contributed by atoms with E-state index in [4.69, 9.17) is 16.3 Å².